The normalized spacial score (nSPS) is 29.3. The lowest BCUT2D eigenvalue weighted by molar-refractivity contribution is 0.246. The first-order chi connectivity index (χ1) is 8.99. The maximum atomic E-state index is 12.6. The predicted octanol–water partition coefficient (Wildman–Crippen LogP) is 2.79. The number of halogens is 1. The molecule has 112 valence electrons. The molecule has 0 bridgehead atoms. The molecule has 2 fully saturated rings. The second-order valence-corrected chi connectivity index (χ2v) is 8.22. The summed E-state index contributed by atoms with van der Waals surface area (Å²) in [6, 6.07) is 0.127. The van der Waals surface area contributed by atoms with Crippen molar-refractivity contribution < 1.29 is 8.42 Å². The first kappa shape index (κ1) is 15.7. The van der Waals surface area contributed by atoms with Gasteiger partial charge in [0.25, 0.3) is 10.2 Å². The Kier molecular flexibility index (Phi) is 5.31. The smallest absolute Gasteiger partial charge is 0.195 e. The SMILES string of the molecule is CC1CCCCN1S(=O)(=O)NC1(CBr)CCCCC1. The predicted molar refractivity (Wildman–Crippen MR) is 81.7 cm³/mol. The number of nitrogens with one attached hydrogen (secondary N) is 1. The molecule has 0 spiro atoms. The van der Waals surface area contributed by atoms with Crippen molar-refractivity contribution >= 4 is 26.1 Å². The van der Waals surface area contributed by atoms with E-state index in [0.29, 0.717) is 11.9 Å². The summed E-state index contributed by atoms with van der Waals surface area (Å²) in [5.41, 5.74) is -0.270. The zero-order valence-corrected chi connectivity index (χ0v) is 14.1. The molecule has 1 aliphatic heterocycles. The molecule has 2 rings (SSSR count). The molecule has 1 unspecified atom stereocenters. The highest BCUT2D eigenvalue weighted by molar-refractivity contribution is 9.09. The quantitative estimate of drug-likeness (QED) is 0.790. The van der Waals surface area contributed by atoms with Crippen LogP contribution in [-0.2, 0) is 10.2 Å². The summed E-state index contributed by atoms with van der Waals surface area (Å²) in [6.45, 7) is 2.68. The molecule has 0 aromatic carbocycles. The fraction of sp³-hybridized carbons (Fsp3) is 1.00. The molecule has 1 saturated heterocycles. The maximum Gasteiger partial charge on any atom is 0.280 e. The number of rotatable bonds is 4. The Balaban J connectivity index is 2.10. The third-order valence-electron chi connectivity index (χ3n) is 4.46. The van der Waals surface area contributed by atoms with E-state index in [4.69, 9.17) is 0 Å². The van der Waals surface area contributed by atoms with Crippen molar-refractivity contribution in [2.45, 2.75) is 69.9 Å². The first-order valence-electron chi connectivity index (χ1n) is 7.36. The molecule has 0 aromatic heterocycles. The summed E-state index contributed by atoms with van der Waals surface area (Å²) in [6.07, 6.45) is 8.43. The van der Waals surface area contributed by atoms with Crippen LogP contribution >= 0.6 is 15.9 Å². The van der Waals surface area contributed by atoms with Crippen molar-refractivity contribution in [3.63, 3.8) is 0 Å². The van der Waals surface area contributed by atoms with Crippen molar-refractivity contribution in [2.24, 2.45) is 0 Å². The van der Waals surface area contributed by atoms with Crippen LogP contribution in [0.2, 0.25) is 0 Å². The van der Waals surface area contributed by atoms with E-state index >= 15 is 0 Å². The monoisotopic (exact) mass is 352 g/mol. The van der Waals surface area contributed by atoms with Crippen LogP contribution in [0.1, 0.15) is 58.3 Å². The third-order valence-corrected chi connectivity index (χ3v) is 7.39. The lowest BCUT2D eigenvalue weighted by Gasteiger charge is -2.40. The molecule has 1 saturated carbocycles. The molecule has 4 nitrogen and oxygen atoms in total. The highest BCUT2D eigenvalue weighted by Gasteiger charge is 2.39. The van der Waals surface area contributed by atoms with E-state index in [9.17, 15) is 8.42 Å². The van der Waals surface area contributed by atoms with E-state index in [-0.39, 0.29) is 11.6 Å². The van der Waals surface area contributed by atoms with Gasteiger partial charge in [-0.2, -0.15) is 17.4 Å². The van der Waals surface area contributed by atoms with Crippen LogP contribution in [0.15, 0.2) is 0 Å². The van der Waals surface area contributed by atoms with Gasteiger partial charge in [0.1, 0.15) is 0 Å². The van der Waals surface area contributed by atoms with Gasteiger partial charge in [-0.05, 0) is 32.6 Å². The molecular formula is C13H25BrN2O2S. The second-order valence-electron chi connectivity index (χ2n) is 6.04. The van der Waals surface area contributed by atoms with Gasteiger partial charge in [-0.1, -0.05) is 41.6 Å². The topological polar surface area (TPSA) is 49.4 Å². The largest absolute Gasteiger partial charge is 0.280 e. The minimum absolute atomic E-state index is 0.127. The summed E-state index contributed by atoms with van der Waals surface area (Å²) < 4.78 is 29.9. The standard InChI is InChI=1S/C13H25BrN2O2S/c1-12-7-3-6-10-16(12)19(17,18)15-13(11-14)8-4-2-5-9-13/h12,15H,2-11H2,1H3. The molecule has 1 N–H and O–H groups in total. The fourth-order valence-electron chi connectivity index (χ4n) is 3.25. The minimum atomic E-state index is -3.35. The molecule has 0 aromatic rings. The summed E-state index contributed by atoms with van der Waals surface area (Å²) in [4.78, 5) is 0. The van der Waals surface area contributed by atoms with Crippen molar-refractivity contribution in [1.82, 2.24) is 9.03 Å². The van der Waals surface area contributed by atoms with Crippen LogP contribution in [0.3, 0.4) is 0 Å². The molecular weight excluding hydrogens is 328 g/mol. The van der Waals surface area contributed by atoms with E-state index in [1.54, 1.807) is 4.31 Å². The number of piperidine rings is 1. The average molecular weight is 353 g/mol. The molecule has 19 heavy (non-hydrogen) atoms. The summed E-state index contributed by atoms with van der Waals surface area (Å²) in [5, 5.41) is 0.710. The van der Waals surface area contributed by atoms with Gasteiger partial charge < -0.3 is 0 Å². The van der Waals surface area contributed by atoms with Crippen molar-refractivity contribution in [1.29, 1.82) is 0 Å². The van der Waals surface area contributed by atoms with Crippen LogP contribution < -0.4 is 4.72 Å². The van der Waals surface area contributed by atoms with Crippen molar-refractivity contribution in [3.8, 4) is 0 Å². The van der Waals surface area contributed by atoms with Crippen LogP contribution in [-0.4, -0.2) is 36.2 Å². The van der Waals surface area contributed by atoms with E-state index in [0.717, 1.165) is 44.9 Å². The lowest BCUT2D eigenvalue weighted by Crippen LogP contribution is -2.57. The van der Waals surface area contributed by atoms with Gasteiger partial charge >= 0.3 is 0 Å². The Morgan fingerprint density at radius 1 is 1.21 bits per heavy atom. The molecule has 2 aliphatic rings. The highest BCUT2D eigenvalue weighted by Crippen LogP contribution is 2.31. The van der Waals surface area contributed by atoms with Crippen LogP contribution in [0.4, 0.5) is 0 Å². The molecule has 1 aliphatic carbocycles. The highest BCUT2D eigenvalue weighted by atomic mass is 79.9. The van der Waals surface area contributed by atoms with Crippen LogP contribution in [0.25, 0.3) is 0 Å². The molecule has 6 heteroatoms. The van der Waals surface area contributed by atoms with Gasteiger partial charge in [0.05, 0.1) is 0 Å². The van der Waals surface area contributed by atoms with Crippen molar-refractivity contribution in [3.05, 3.63) is 0 Å². The molecule has 1 atom stereocenters. The fourth-order valence-corrected chi connectivity index (χ4v) is 6.03. The summed E-state index contributed by atoms with van der Waals surface area (Å²) >= 11 is 3.51. The van der Waals surface area contributed by atoms with Gasteiger partial charge in [-0.15, -0.1) is 0 Å². The minimum Gasteiger partial charge on any atom is -0.195 e. The second kappa shape index (κ2) is 6.41. The third kappa shape index (κ3) is 3.71. The zero-order chi connectivity index (χ0) is 13.9. The Bertz CT molecular complexity index is 393. The average Bonchev–Trinajstić information content (AvgIpc) is 2.39. The Morgan fingerprint density at radius 3 is 2.47 bits per heavy atom. The summed E-state index contributed by atoms with van der Waals surface area (Å²) in [5.74, 6) is 0. The van der Waals surface area contributed by atoms with Gasteiger partial charge in [0, 0.05) is 23.5 Å². The van der Waals surface area contributed by atoms with Gasteiger partial charge in [-0.25, -0.2) is 0 Å². The Labute approximate surface area is 125 Å². The van der Waals surface area contributed by atoms with E-state index < -0.39 is 10.2 Å². The van der Waals surface area contributed by atoms with Crippen LogP contribution in [0, 0.1) is 0 Å². The lowest BCUT2D eigenvalue weighted by atomic mass is 9.84. The number of alkyl halides is 1. The van der Waals surface area contributed by atoms with Gasteiger partial charge in [-0.3, -0.25) is 0 Å². The zero-order valence-electron chi connectivity index (χ0n) is 11.7. The molecule has 0 radical (unpaired) electrons. The number of hydrogen-bond acceptors (Lipinski definition) is 2. The Hall–Kier alpha value is 0.350. The number of hydrogen-bond donors (Lipinski definition) is 1. The van der Waals surface area contributed by atoms with E-state index in [2.05, 4.69) is 20.7 Å². The first-order valence-corrected chi connectivity index (χ1v) is 9.92. The summed E-state index contributed by atoms with van der Waals surface area (Å²) in [7, 11) is -3.35. The van der Waals surface area contributed by atoms with Gasteiger partial charge in [0.2, 0.25) is 0 Å². The van der Waals surface area contributed by atoms with E-state index in [1.807, 2.05) is 6.92 Å². The maximum absolute atomic E-state index is 12.6. The Morgan fingerprint density at radius 2 is 1.89 bits per heavy atom. The van der Waals surface area contributed by atoms with Crippen LogP contribution in [0.5, 0.6) is 0 Å². The van der Waals surface area contributed by atoms with Crippen molar-refractivity contribution in [2.75, 3.05) is 11.9 Å². The number of nitrogens with zero attached hydrogens (tertiary/aromatic N) is 1. The van der Waals surface area contributed by atoms with E-state index in [1.165, 1.54) is 6.42 Å². The van der Waals surface area contributed by atoms with Gasteiger partial charge in [0.15, 0.2) is 0 Å². The molecule has 0 amide bonds. The molecule has 1 heterocycles.